The highest BCUT2D eigenvalue weighted by molar-refractivity contribution is 7.85. The van der Waals surface area contributed by atoms with Crippen LogP contribution in [0.1, 0.15) is 46.0 Å². The summed E-state index contributed by atoms with van der Waals surface area (Å²) >= 11 is 0. The summed E-state index contributed by atoms with van der Waals surface area (Å²) in [6.45, 7) is 4.41. The first-order chi connectivity index (χ1) is 6.76. The largest absolute Gasteiger partial charge is 0.309 e. The Hall–Kier alpha value is 0.110. The second kappa shape index (κ2) is 6.57. The van der Waals surface area contributed by atoms with Crippen LogP contribution < -0.4 is 5.32 Å². The first-order valence-corrected chi connectivity index (χ1v) is 7.36. The lowest BCUT2D eigenvalue weighted by Crippen LogP contribution is -2.49. The van der Waals surface area contributed by atoms with Gasteiger partial charge in [0.2, 0.25) is 0 Å². The van der Waals surface area contributed by atoms with Crippen molar-refractivity contribution in [2.45, 2.75) is 58.0 Å². The van der Waals surface area contributed by atoms with Gasteiger partial charge in [0.1, 0.15) is 0 Å². The summed E-state index contributed by atoms with van der Waals surface area (Å²) in [4.78, 5) is 0. The number of nitrogens with one attached hydrogen (secondary N) is 1. The van der Waals surface area contributed by atoms with Gasteiger partial charge in [0, 0.05) is 34.4 Å². The normalized spacial score (nSPS) is 33.1. The summed E-state index contributed by atoms with van der Waals surface area (Å²) in [6.07, 6.45) is 6.06. The summed E-state index contributed by atoms with van der Waals surface area (Å²) in [6, 6.07) is 1.03. The van der Waals surface area contributed by atoms with Crippen molar-refractivity contribution in [1.82, 2.24) is 5.32 Å². The number of hydrogen-bond acceptors (Lipinski definition) is 2. The van der Waals surface area contributed by atoms with Gasteiger partial charge in [0.25, 0.3) is 0 Å². The van der Waals surface area contributed by atoms with Crippen LogP contribution in [0.2, 0.25) is 0 Å². The van der Waals surface area contributed by atoms with Crippen molar-refractivity contribution in [3.63, 3.8) is 0 Å². The Bertz CT molecular complexity index is 184. The van der Waals surface area contributed by atoms with Gasteiger partial charge in [-0.1, -0.05) is 33.1 Å². The van der Waals surface area contributed by atoms with E-state index in [1.165, 1.54) is 32.1 Å². The van der Waals surface area contributed by atoms with Crippen LogP contribution in [0.15, 0.2) is 0 Å². The van der Waals surface area contributed by atoms with E-state index in [2.05, 4.69) is 19.2 Å². The van der Waals surface area contributed by atoms with Gasteiger partial charge in [-0.3, -0.25) is 4.21 Å². The van der Waals surface area contributed by atoms with E-state index in [0.29, 0.717) is 12.1 Å². The Morgan fingerprint density at radius 3 is 2.36 bits per heavy atom. The fourth-order valence-corrected chi connectivity index (χ4v) is 3.64. The molecular formula is C11H23NOS. The smallest absolute Gasteiger partial charge is 0.0389 e. The lowest BCUT2D eigenvalue weighted by atomic mass is 10.1. The highest BCUT2D eigenvalue weighted by Gasteiger charge is 2.24. The van der Waals surface area contributed by atoms with Crippen LogP contribution in [0.25, 0.3) is 0 Å². The number of unbranched alkanes of at least 4 members (excludes halogenated alkanes) is 1. The summed E-state index contributed by atoms with van der Waals surface area (Å²) in [7, 11) is -0.568. The molecule has 1 heterocycles. The zero-order valence-corrected chi connectivity index (χ0v) is 10.2. The Kier molecular flexibility index (Phi) is 5.71. The monoisotopic (exact) mass is 217 g/mol. The van der Waals surface area contributed by atoms with Crippen LogP contribution in [0, 0.1) is 0 Å². The Balaban J connectivity index is 2.33. The third-order valence-electron chi connectivity index (χ3n) is 2.79. The van der Waals surface area contributed by atoms with E-state index in [0.717, 1.165) is 11.5 Å². The lowest BCUT2D eigenvalue weighted by molar-refractivity contribution is 0.408. The van der Waals surface area contributed by atoms with Crippen molar-refractivity contribution in [3.8, 4) is 0 Å². The van der Waals surface area contributed by atoms with E-state index in [1.54, 1.807) is 0 Å². The molecule has 0 aliphatic carbocycles. The van der Waals surface area contributed by atoms with E-state index in [1.807, 2.05) is 0 Å². The van der Waals surface area contributed by atoms with Crippen LogP contribution in [-0.4, -0.2) is 27.8 Å². The minimum atomic E-state index is -0.568. The van der Waals surface area contributed by atoms with Crippen molar-refractivity contribution in [3.05, 3.63) is 0 Å². The molecule has 0 saturated carbocycles. The first kappa shape index (κ1) is 12.2. The van der Waals surface area contributed by atoms with Crippen LogP contribution in [0.4, 0.5) is 0 Å². The van der Waals surface area contributed by atoms with E-state index in [9.17, 15) is 4.21 Å². The van der Waals surface area contributed by atoms with E-state index < -0.39 is 10.8 Å². The molecule has 3 heteroatoms. The molecule has 0 bridgehead atoms. The van der Waals surface area contributed by atoms with Crippen molar-refractivity contribution in [1.29, 1.82) is 0 Å². The molecule has 0 aromatic heterocycles. The average Bonchev–Trinajstić information content (AvgIpc) is 2.14. The van der Waals surface area contributed by atoms with E-state index in [4.69, 9.17) is 0 Å². The molecule has 1 aliphatic heterocycles. The maximum absolute atomic E-state index is 11.6. The van der Waals surface area contributed by atoms with Gasteiger partial charge in [0.15, 0.2) is 0 Å². The van der Waals surface area contributed by atoms with E-state index in [-0.39, 0.29) is 0 Å². The van der Waals surface area contributed by atoms with Gasteiger partial charge in [-0.05, 0) is 12.8 Å². The molecule has 1 fully saturated rings. The predicted octanol–water partition coefficient (Wildman–Crippen LogP) is 2.07. The van der Waals surface area contributed by atoms with Crippen LogP contribution in [0.5, 0.6) is 0 Å². The first-order valence-electron chi connectivity index (χ1n) is 5.87. The highest BCUT2D eigenvalue weighted by atomic mass is 32.2. The Morgan fingerprint density at radius 2 is 1.79 bits per heavy atom. The number of rotatable bonds is 5. The second-order valence-electron chi connectivity index (χ2n) is 4.26. The molecule has 1 aliphatic rings. The van der Waals surface area contributed by atoms with Crippen LogP contribution in [0.3, 0.4) is 0 Å². The van der Waals surface area contributed by atoms with Crippen molar-refractivity contribution in [2.75, 3.05) is 11.5 Å². The molecule has 0 amide bonds. The molecule has 0 radical (unpaired) electrons. The van der Waals surface area contributed by atoms with Crippen molar-refractivity contribution >= 4 is 10.8 Å². The lowest BCUT2D eigenvalue weighted by Gasteiger charge is -2.30. The summed E-state index contributed by atoms with van der Waals surface area (Å²) in [5.41, 5.74) is 0. The Morgan fingerprint density at radius 1 is 1.14 bits per heavy atom. The number of hydrogen-bond donors (Lipinski definition) is 1. The molecule has 14 heavy (non-hydrogen) atoms. The van der Waals surface area contributed by atoms with Gasteiger partial charge in [0.05, 0.1) is 0 Å². The molecule has 1 saturated heterocycles. The standard InChI is InChI=1S/C11H23NOS/c1-3-5-7-11-9-14(13)8-10(12-11)6-4-2/h10-12H,3-9H2,1-2H3/t10-,11-,14+/m1/s1. The second-order valence-corrected chi connectivity index (χ2v) is 5.81. The third-order valence-corrected chi connectivity index (χ3v) is 4.34. The topological polar surface area (TPSA) is 29.1 Å². The molecule has 3 atom stereocenters. The third kappa shape index (κ3) is 4.09. The SMILES string of the molecule is CCCC[C@@H]1C[S@@](=O)C[C@@H](CCC)N1. The molecule has 1 rings (SSSR count). The zero-order chi connectivity index (χ0) is 10.4. The maximum atomic E-state index is 11.6. The molecule has 1 N–H and O–H groups in total. The zero-order valence-electron chi connectivity index (χ0n) is 9.42. The van der Waals surface area contributed by atoms with Gasteiger partial charge in [-0.15, -0.1) is 0 Å². The molecule has 0 aromatic carbocycles. The quantitative estimate of drug-likeness (QED) is 0.764. The van der Waals surface area contributed by atoms with Gasteiger partial charge in [-0.2, -0.15) is 0 Å². The molecule has 0 spiro atoms. The van der Waals surface area contributed by atoms with Gasteiger partial charge >= 0.3 is 0 Å². The molecule has 84 valence electrons. The Labute approximate surface area is 90.3 Å². The van der Waals surface area contributed by atoms with Gasteiger partial charge < -0.3 is 5.32 Å². The molecule has 0 aromatic rings. The summed E-state index contributed by atoms with van der Waals surface area (Å²) in [5.74, 6) is 1.75. The maximum Gasteiger partial charge on any atom is 0.0389 e. The van der Waals surface area contributed by atoms with Crippen molar-refractivity contribution < 1.29 is 4.21 Å². The van der Waals surface area contributed by atoms with Crippen LogP contribution >= 0.6 is 0 Å². The van der Waals surface area contributed by atoms with E-state index >= 15 is 0 Å². The fourth-order valence-electron chi connectivity index (χ4n) is 2.08. The minimum Gasteiger partial charge on any atom is -0.309 e. The minimum absolute atomic E-state index is 0.511. The predicted molar refractivity (Wildman–Crippen MR) is 63.0 cm³/mol. The summed E-state index contributed by atoms with van der Waals surface area (Å²) < 4.78 is 11.6. The van der Waals surface area contributed by atoms with Gasteiger partial charge in [-0.25, -0.2) is 0 Å². The highest BCUT2D eigenvalue weighted by Crippen LogP contribution is 2.12. The van der Waals surface area contributed by atoms with Crippen molar-refractivity contribution in [2.24, 2.45) is 0 Å². The fraction of sp³-hybridized carbons (Fsp3) is 1.00. The molecular weight excluding hydrogens is 194 g/mol. The van der Waals surface area contributed by atoms with Crippen LogP contribution in [-0.2, 0) is 10.8 Å². The molecule has 2 nitrogen and oxygen atoms in total. The summed E-state index contributed by atoms with van der Waals surface area (Å²) in [5, 5.41) is 3.63. The molecule has 0 unspecified atom stereocenters. The average molecular weight is 217 g/mol.